The monoisotopic (exact) mass is 271 g/mol. The molecule has 4 heteroatoms. The van der Waals surface area contributed by atoms with E-state index in [0.29, 0.717) is 0 Å². The van der Waals surface area contributed by atoms with Crippen molar-refractivity contribution < 1.29 is 9.47 Å². The molecular formula is C11H14BrNO2. The fraction of sp³-hybridized carbons (Fsp3) is 0.455. The number of ether oxygens (including phenoxy) is 2. The molecule has 15 heavy (non-hydrogen) atoms. The van der Waals surface area contributed by atoms with Gasteiger partial charge in [0.15, 0.2) is 11.5 Å². The topological polar surface area (TPSA) is 44.5 Å². The predicted octanol–water partition coefficient (Wildman–Crippen LogP) is 2.98. The van der Waals surface area contributed by atoms with E-state index in [2.05, 4.69) is 15.9 Å². The smallest absolute Gasteiger partial charge is 0.246 e. The van der Waals surface area contributed by atoms with Gasteiger partial charge in [0.2, 0.25) is 5.79 Å². The van der Waals surface area contributed by atoms with E-state index in [-0.39, 0.29) is 6.04 Å². The van der Waals surface area contributed by atoms with E-state index < -0.39 is 5.79 Å². The number of fused-ring (bicyclic) bond motifs is 1. The molecule has 0 fully saturated rings. The highest BCUT2D eigenvalue weighted by molar-refractivity contribution is 9.10. The average Bonchev–Trinajstić information content (AvgIpc) is 2.36. The Bertz CT molecular complexity index is 402. The van der Waals surface area contributed by atoms with Crippen LogP contribution < -0.4 is 15.2 Å². The second-order valence-electron chi connectivity index (χ2n) is 4.21. The van der Waals surface area contributed by atoms with Gasteiger partial charge in [-0.25, -0.2) is 0 Å². The maximum atomic E-state index is 5.85. The molecule has 0 bridgehead atoms. The summed E-state index contributed by atoms with van der Waals surface area (Å²) in [5.41, 5.74) is 6.87. The van der Waals surface area contributed by atoms with Crippen molar-refractivity contribution in [2.24, 2.45) is 5.73 Å². The number of rotatable bonds is 1. The van der Waals surface area contributed by atoms with E-state index >= 15 is 0 Å². The molecule has 0 saturated carbocycles. The SMILES string of the molecule is CC(N)c1cc2c(cc1Br)OC(C)(C)O2. The third-order valence-corrected chi connectivity index (χ3v) is 2.95. The minimum absolute atomic E-state index is 0.0306. The lowest BCUT2D eigenvalue weighted by atomic mass is 10.1. The molecule has 0 spiro atoms. The summed E-state index contributed by atoms with van der Waals surface area (Å²) < 4.78 is 12.2. The molecule has 3 nitrogen and oxygen atoms in total. The van der Waals surface area contributed by atoms with E-state index in [0.717, 1.165) is 21.5 Å². The largest absolute Gasteiger partial charge is 0.449 e. The normalized spacial score (nSPS) is 19.0. The van der Waals surface area contributed by atoms with Crippen molar-refractivity contribution >= 4 is 15.9 Å². The van der Waals surface area contributed by atoms with Crippen LogP contribution in [0, 0.1) is 0 Å². The van der Waals surface area contributed by atoms with Crippen LogP contribution in [0.3, 0.4) is 0 Å². The van der Waals surface area contributed by atoms with Crippen molar-refractivity contribution in [2.45, 2.75) is 32.6 Å². The summed E-state index contributed by atoms with van der Waals surface area (Å²) in [6.45, 7) is 5.70. The van der Waals surface area contributed by atoms with Crippen LogP contribution in [-0.2, 0) is 0 Å². The first-order valence-electron chi connectivity index (χ1n) is 4.86. The van der Waals surface area contributed by atoms with E-state index in [4.69, 9.17) is 15.2 Å². The van der Waals surface area contributed by atoms with Crippen LogP contribution in [-0.4, -0.2) is 5.79 Å². The highest BCUT2D eigenvalue weighted by Gasteiger charge is 2.32. The third-order valence-electron chi connectivity index (χ3n) is 2.27. The van der Waals surface area contributed by atoms with E-state index in [9.17, 15) is 0 Å². The zero-order valence-corrected chi connectivity index (χ0v) is 10.6. The van der Waals surface area contributed by atoms with E-state index in [1.165, 1.54) is 0 Å². The van der Waals surface area contributed by atoms with Crippen molar-refractivity contribution in [3.05, 3.63) is 22.2 Å². The molecule has 0 aliphatic carbocycles. The first kappa shape index (κ1) is 10.8. The molecule has 1 unspecified atom stereocenters. The van der Waals surface area contributed by atoms with Gasteiger partial charge in [0.1, 0.15) is 0 Å². The third kappa shape index (κ3) is 1.96. The molecule has 1 atom stereocenters. The Morgan fingerprint density at radius 3 is 2.33 bits per heavy atom. The number of hydrogen-bond donors (Lipinski definition) is 1. The molecule has 0 saturated heterocycles. The lowest BCUT2D eigenvalue weighted by molar-refractivity contribution is -0.0431. The minimum atomic E-state index is -0.585. The zero-order valence-electron chi connectivity index (χ0n) is 9.00. The molecule has 1 aromatic carbocycles. The van der Waals surface area contributed by atoms with Crippen molar-refractivity contribution in [1.29, 1.82) is 0 Å². The molecule has 0 amide bonds. The average molecular weight is 272 g/mol. The standard InChI is InChI=1S/C11H14BrNO2/c1-6(13)7-4-9-10(5-8(7)12)15-11(2,3)14-9/h4-6H,13H2,1-3H3. The van der Waals surface area contributed by atoms with Crippen LogP contribution in [0.1, 0.15) is 32.4 Å². The quantitative estimate of drug-likeness (QED) is 0.854. The van der Waals surface area contributed by atoms with Crippen molar-refractivity contribution in [2.75, 3.05) is 0 Å². The highest BCUT2D eigenvalue weighted by Crippen LogP contribution is 2.43. The molecule has 1 aliphatic heterocycles. The maximum absolute atomic E-state index is 5.85. The Kier molecular flexibility index (Phi) is 2.43. The number of halogens is 1. The summed E-state index contributed by atoms with van der Waals surface area (Å²) in [6, 6.07) is 3.80. The molecular weight excluding hydrogens is 258 g/mol. The Morgan fingerprint density at radius 1 is 1.27 bits per heavy atom. The number of nitrogens with two attached hydrogens (primary N) is 1. The lowest BCUT2D eigenvalue weighted by Crippen LogP contribution is -2.29. The van der Waals surface area contributed by atoms with Crippen LogP contribution in [0.2, 0.25) is 0 Å². The van der Waals surface area contributed by atoms with Gasteiger partial charge in [0.05, 0.1) is 0 Å². The molecule has 2 N–H and O–H groups in total. The molecule has 1 heterocycles. The Hall–Kier alpha value is -0.740. The zero-order chi connectivity index (χ0) is 11.2. The Morgan fingerprint density at radius 2 is 1.80 bits per heavy atom. The van der Waals surface area contributed by atoms with Gasteiger partial charge in [0, 0.05) is 24.4 Å². The highest BCUT2D eigenvalue weighted by atomic mass is 79.9. The fourth-order valence-corrected chi connectivity index (χ4v) is 2.29. The summed E-state index contributed by atoms with van der Waals surface area (Å²) in [5, 5.41) is 0. The molecule has 1 aromatic rings. The maximum Gasteiger partial charge on any atom is 0.246 e. The van der Waals surface area contributed by atoms with Crippen LogP contribution in [0.15, 0.2) is 16.6 Å². The summed E-state index contributed by atoms with van der Waals surface area (Å²) in [7, 11) is 0. The molecule has 0 radical (unpaired) electrons. The van der Waals surface area contributed by atoms with Crippen molar-refractivity contribution in [1.82, 2.24) is 0 Å². The summed E-state index contributed by atoms with van der Waals surface area (Å²) in [4.78, 5) is 0. The molecule has 82 valence electrons. The molecule has 1 aliphatic rings. The van der Waals surface area contributed by atoms with Gasteiger partial charge in [-0.3, -0.25) is 0 Å². The predicted molar refractivity (Wildman–Crippen MR) is 62.1 cm³/mol. The van der Waals surface area contributed by atoms with Crippen molar-refractivity contribution in [3.8, 4) is 11.5 Å². The van der Waals surface area contributed by atoms with Gasteiger partial charge in [-0.05, 0) is 24.6 Å². The summed E-state index contributed by atoms with van der Waals surface area (Å²) in [5.74, 6) is 0.935. The van der Waals surface area contributed by atoms with Crippen LogP contribution in [0.5, 0.6) is 11.5 Å². The van der Waals surface area contributed by atoms with E-state index in [1.54, 1.807) is 0 Å². The fourth-order valence-electron chi connectivity index (χ4n) is 1.61. The number of benzene rings is 1. The first-order chi connectivity index (χ1) is 6.89. The van der Waals surface area contributed by atoms with Crippen LogP contribution in [0.25, 0.3) is 0 Å². The summed E-state index contributed by atoms with van der Waals surface area (Å²) in [6.07, 6.45) is 0. The summed E-state index contributed by atoms with van der Waals surface area (Å²) >= 11 is 3.47. The molecule has 0 aromatic heterocycles. The van der Waals surface area contributed by atoms with Crippen LogP contribution >= 0.6 is 15.9 Å². The second kappa shape index (κ2) is 3.39. The van der Waals surface area contributed by atoms with Gasteiger partial charge >= 0.3 is 0 Å². The van der Waals surface area contributed by atoms with Gasteiger partial charge in [0.25, 0.3) is 0 Å². The first-order valence-corrected chi connectivity index (χ1v) is 5.65. The Balaban J connectivity index is 2.45. The molecule has 2 rings (SSSR count). The minimum Gasteiger partial charge on any atom is -0.449 e. The van der Waals surface area contributed by atoms with Crippen LogP contribution in [0.4, 0.5) is 0 Å². The Labute approximate surface area is 97.7 Å². The van der Waals surface area contributed by atoms with Crippen molar-refractivity contribution in [3.63, 3.8) is 0 Å². The lowest BCUT2D eigenvalue weighted by Gasteiger charge is -2.16. The number of hydrogen-bond acceptors (Lipinski definition) is 3. The van der Waals surface area contributed by atoms with Gasteiger partial charge in [-0.1, -0.05) is 15.9 Å². The second-order valence-corrected chi connectivity index (χ2v) is 5.07. The van der Waals surface area contributed by atoms with Gasteiger partial charge in [-0.2, -0.15) is 0 Å². The van der Waals surface area contributed by atoms with Gasteiger partial charge in [-0.15, -0.1) is 0 Å². The van der Waals surface area contributed by atoms with Gasteiger partial charge < -0.3 is 15.2 Å². The van der Waals surface area contributed by atoms with E-state index in [1.807, 2.05) is 32.9 Å².